The van der Waals surface area contributed by atoms with Crippen LogP contribution in [-0.2, 0) is 25.6 Å². The summed E-state index contributed by atoms with van der Waals surface area (Å²) in [7, 11) is 0. The summed E-state index contributed by atoms with van der Waals surface area (Å²) in [6, 6.07) is 13.0. The highest BCUT2D eigenvalue weighted by Crippen LogP contribution is 2.34. The van der Waals surface area contributed by atoms with Crippen LogP contribution in [0.3, 0.4) is 0 Å². The number of hydrogen-bond donors (Lipinski definition) is 2. The van der Waals surface area contributed by atoms with Gasteiger partial charge in [0, 0.05) is 31.6 Å². The van der Waals surface area contributed by atoms with Crippen molar-refractivity contribution in [2.45, 2.75) is 70.7 Å². The number of nitrogens with zero attached hydrogens (tertiary/aromatic N) is 1. The Hall–Kier alpha value is -3.46. The van der Waals surface area contributed by atoms with E-state index in [9.17, 15) is 14.0 Å². The second-order valence-corrected chi connectivity index (χ2v) is 9.95. The van der Waals surface area contributed by atoms with E-state index in [0.29, 0.717) is 29.9 Å². The molecule has 2 aromatic rings. The van der Waals surface area contributed by atoms with Crippen LogP contribution in [0.5, 0.6) is 5.75 Å². The average molecular weight is 515 g/mol. The number of amides is 1. The molecule has 1 aliphatic heterocycles. The fourth-order valence-electron chi connectivity index (χ4n) is 3.92. The van der Waals surface area contributed by atoms with E-state index in [-0.39, 0.29) is 31.9 Å². The van der Waals surface area contributed by atoms with Gasteiger partial charge < -0.3 is 24.6 Å². The van der Waals surface area contributed by atoms with Crippen molar-refractivity contribution in [2.24, 2.45) is 4.99 Å². The standard InChI is InChI=1S/C28H35FN2O6/c1-19-28(14-13-24(33)37-27(2,3)4,26(34)30-18-20-7-5-8-22(29)17-20)31-25(36-19)21-9-11-23(12-10-21)35-16-6-15-32/h5,7-12,17,19,32H,6,13-16,18H2,1-4H3,(H,30,34)/t19-,28-/m1/s1. The molecule has 0 radical (unpaired) electrons. The largest absolute Gasteiger partial charge is 0.494 e. The number of benzene rings is 2. The van der Waals surface area contributed by atoms with E-state index in [1.807, 2.05) is 0 Å². The number of nitrogens with one attached hydrogen (secondary N) is 1. The van der Waals surface area contributed by atoms with Gasteiger partial charge in [-0.15, -0.1) is 0 Å². The molecule has 0 saturated carbocycles. The summed E-state index contributed by atoms with van der Waals surface area (Å²) < 4.78 is 30.6. The van der Waals surface area contributed by atoms with Crippen molar-refractivity contribution in [3.05, 3.63) is 65.5 Å². The van der Waals surface area contributed by atoms with Gasteiger partial charge in [-0.3, -0.25) is 9.59 Å². The summed E-state index contributed by atoms with van der Waals surface area (Å²) >= 11 is 0. The number of carbonyl (C=O) groups excluding carboxylic acids is 2. The molecule has 0 saturated heterocycles. The van der Waals surface area contributed by atoms with Gasteiger partial charge in [-0.25, -0.2) is 9.38 Å². The maximum Gasteiger partial charge on any atom is 0.306 e. The maximum atomic E-state index is 13.6. The van der Waals surface area contributed by atoms with Crippen molar-refractivity contribution in [1.82, 2.24) is 5.32 Å². The lowest BCUT2D eigenvalue weighted by Crippen LogP contribution is -2.51. The van der Waals surface area contributed by atoms with Crippen molar-refractivity contribution in [3.63, 3.8) is 0 Å². The van der Waals surface area contributed by atoms with Crippen LogP contribution in [0.2, 0.25) is 0 Å². The monoisotopic (exact) mass is 514 g/mol. The molecule has 8 nitrogen and oxygen atoms in total. The van der Waals surface area contributed by atoms with E-state index >= 15 is 0 Å². The van der Waals surface area contributed by atoms with E-state index < -0.39 is 34.9 Å². The van der Waals surface area contributed by atoms with Crippen LogP contribution in [0.1, 0.15) is 58.1 Å². The van der Waals surface area contributed by atoms with Crippen molar-refractivity contribution in [2.75, 3.05) is 13.2 Å². The molecule has 2 aromatic carbocycles. The van der Waals surface area contributed by atoms with E-state index in [2.05, 4.69) is 5.32 Å². The Balaban J connectivity index is 1.82. The van der Waals surface area contributed by atoms with Crippen LogP contribution in [0.4, 0.5) is 4.39 Å². The predicted octanol–water partition coefficient (Wildman–Crippen LogP) is 3.93. The number of hydrogen-bond acceptors (Lipinski definition) is 7. The molecule has 1 aliphatic rings. The van der Waals surface area contributed by atoms with Gasteiger partial charge >= 0.3 is 5.97 Å². The van der Waals surface area contributed by atoms with Crippen molar-refractivity contribution < 1.29 is 33.3 Å². The first-order chi connectivity index (χ1) is 17.5. The Labute approximate surface area is 216 Å². The zero-order chi connectivity index (χ0) is 27.1. The van der Waals surface area contributed by atoms with Gasteiger partial charge in [0.15, 0.2) is 5.54 Å². The molecule has 1 amide bonds. The van der Waals surface area contributed by atoms with Crippen molar-refractivity contribution in [1.29, 1.82) is 0 Å². The third-order valence-electron chi connectivity index (χ3n) is 5.80. The lowest BCUT2D eigenvalue weighted by molar-refractivity contribution is -0.155. The van der Waals surface area contributed by atoms with Gasteiger partial charge in [-0.05, 0) is 76.1 Å². The predicted molar refractivity (Wildman–Crippen MR) is 137 cm³/mol. The Morgan fingerprint density at radius 1 is 1.19 bits per heavy atom. The summed E-state index contributed by atoms with van der Waals surface area (Å²) in [6.45, 7) is 7.61. The first-order valence-electron chi connectivity index (χ1n) is 12.4. The molecule has 0 bridgehead atoms. The summed E-state index contributed by atoms with van der Waals surface area (Å²) in [4.78, 5) is 30.7. The normalized spacial score (nSPS) is 19.1. The number of esters is 1. The average Bonchev–Trinajstić information content (AvgIpc) is 3.18. The highest BCUT2D eigenvalue weighted by molar-refractivity contribution is 6.00. The highest BCUT2D eigenvalue weighted by atomic mass is 19.1. The minimum atomic E-state index is -1.38. The first-order valence-corrected chi connectivity index (χ1v) is 12.4. The number of aliphatic hydroxyl groups is 1. The number of aliphatic hydroxyl groups excluding tert-OH is 1. The molecule has 200 valence electrons. The second kappa shape index (κ2) is 12.2. The molecule has 0 fully saturated rings. The third-order valence-corrected chi connectivity index (χ3v) is 5.80. The quantitative estimate of drug-likeness (QED) is 0.348. The molecule has 2 atom stereocenters. The zero-order valence-corrected chi connectivity index (χ0v) is 21.8. The number of aliphatic imine (C=N–C) groups is 1. The SMILES string of the molecule is C[C@H]1OC(c2ccc(OCCCO)cc2)=N[C@@]1(CCC(=O)OC(C)(C)C)C(=O)NCc1cccc(F)c1. The second-order valence-electron chi connectivity index (χ2n) is 9.95. The van der Waals surface area contributed by atoms with Gasteiger partial charge in [-0.2, -0.15) is 0 Å². The van der Waals surface area contributed by atoms with Crippen molar-refractivity contribution >= 4 is 17.8 Å². The first kappa shape index (κ1) is 28.1. The Morgan fingerprint density at radius 2 is 1.92 bits per heavy atom. The molecule has 0 unspecified atom stereocenters. The molecular weight excluding hydrogens is 479 g/mol. The smallest absolute Gasteiger partial charge is 0.306 e. The molecule has 2 N–H and O–H groups in total. The molecule has 3 rings (SSSR count). The van der Waals surface area contributed by atoms with E-state index in [1.54, 1.807) is 64.1 Å². The number of halogens is 1. The molecule has 0 aromatic heterocycles. The van der Waals surface area contributed by atoms with Gasteiger partial charge in [0.05, 0.1) is 6.61 Å². The van der Waals surface area contributed by atoms with Gasteiger partial charge in [0.1, 0.15) is 23.3 Å². The molecular formula is C28H35FN2O6. The van der Waals surface area contributed by atoms with Gasteiger partial charge in [-0.1, -0.05) is 12.1 Å². The molecule has 9 heteroatoms. The van der Waals surface area contributed by atoms with Crippen molar-refractivity contribution in [3.8, 4) is 5.75 Å². The third kappa shape index (κ3) is 7.76. The van der Waals surface area contributed by atoms with E-state index in [1.165, 1.54) is 12.1 Å². The lowest BCUT2D eigenvalue weighted by Gasteiger charge is -2.28. The van der Waals surface area contributed by atoms with Gasteiger partial charge in [0.25, 0.3) is 5.91 Å². The highest BCUT2D eigenvalue weighted by Gasteiger charge is 2.50. The lowest BCUT2D eigenvalue weighted by atomic mass is 9.87. The van der Waals surface area contributed by atoms with Crippen LogP contribution >= 0.6 is 0 Å². The Bertz CT molecular complexity index is 1110. The number of rotatable bonds is 11. The summed E-state index contributed by atoms with van der Waals surface area (Å²) in [5.74, 6) is -0.350. The van der Waals surface area contributed by atoms with Crippen LogP contribution in [0.25, 0.3) is 0 Å². The van der Waals surface area contributed by atoms with E-state index in [0.717, 1.165) is 0 Å². The molecule has 1 heterocycles. The van der Waals surface area contributed by atoms with Crippen LogP contribution in [-0.4, -0.2) is 53.3 Å². The van der Waals surface area contributed by atoms with Gasteiger partial charge in [0.2, 0.25) is 5.90 Å². The minimum Gasteiger partial charge on any atom is -0.494 e. The van der Waals surface area contributed by atoms with Crippen LogP contribution in [0.15, 0.2) is 53.5 Å². The Kier molecular flexibility index (Phi) is 9.26. The molecule has 0 aliphatic carbocycles. The number of carbonyl (C=O) groups is 2. The summed E-state index contributed by atoms with van der Waals surface area (Å²) in [5, 5.41) is 11.7. The van der Waals surface area contributed by atoms with Crippen LogP contribution in [0, 0.1) is 5.82 Å². The molecule has 0 spiro atoms. The topological polar surface area (TPSA) is 106 Å². The van der Waals surface area contributed by atoms with E-state index in [4.69, 9.17) is 24.3 Å². The maximum absolute atomic E-state index is 13.6. The number of ether oxygens (including phenoxy) is 3. The minimum absolute atomic E-state index is 0.0350. The summed E-state index contributed by atoms with van der Waals surface area (Å²) in [5.41, 5.74) is -0.783. The fourth-order valence-corrected chi connectivity index (χ4v) is 3.92. The Morgan fingerprint density at radius 3 is 2.57 bits per heavy atom. The molecule has 37 heavy (non-hydrogen) atoms. The van der Waals surface area contributed by atoms with Crippen LogP contribution < -0.4 is 10.1 Å². The zero-order valence-electron chi connectivity index (χ0n) is 21.8. The fraction of sp³-hybridized carbons (Fsp3) is 0.464. The summed E-state index contributed by atoms with van der Waals surface area (Å²) in [6.07, 6.45) is -0.102.